The fourth-order valence-electron chi connectivity index (χ4n) is 2.27. The Morgan fingerprint density at radius 2 is 2.10 bits per heavy atom. The van der Waals surface area contributed by atoms with E-state index in [0.29, 0.717) is 10.2 Å². The second-order valence-electron chi connectivity index (χ2n) is 5.48. The molecule has 4 nitrogen and oxygen atoms in total. The van der Waals surface area contributed by atoms with Gasteiger partial charge < -0.3 is 4.74 Å². The Labute approximate surface area is 133 Å². The molecule has 1 saturated carbocycles. The third-order valence-electron chi connectivity index (χ3n) is 3.57. The van der Waals surface area contributed by atoms with Crippen LogP contribution in [0.25, 0.3) is 0 Å². The van der Waals surface area contributed by atoms with Gasteiger partial charge >= 0.3 is 0 Å². The third-order valence-corrected chi connectivity index (χ3v) is 6.08. The molecule has 2 rings (SSSR count). The summed E-state index contributed by atoms with van der Waals surface area (Å²) in [6.45, 7) is 3.27. The Bertz CT molecular complexity index is 606. The summed E-state index contributed by atoms with van der Waals surface area (Å²) in [5.41, 5.74) is 0. The summed E-state index contributed by atoms with van der Waals surface area (Å²) in [6, 6.07) is 4.28. The topological polar surface area (TPSA) is 55.4 Å². The van der Waals surface area contributed by atoms with Gasteiger partial charge in [-0.15, -0.1) is 0 Å². The van der Waals surface area contributed by atoms with Gasteiger partial charge in [0, 0.05) is 6.07 Å². The minimum absolute atomic E-state index is 0.260. The fourth-order valence-corrected chi connectivity index (χ4v) is 3.48. The summed E-state index contributed by atoms with van der Waals surface area (Å²) in [4.78, 5) is 0. The number of halogens is 2. The summed E-state index contributed by atoms with van der Waals surface area (Å²) in [7, 11) is -3.33. The summed E-state index contributed by atoms with van der Waals surface area (Å²) in [6.07, 6.45) is 2.10. The van der Waals surface area contributed by atoms with E-state index in [1.54, 1.807) is 26.0 Å². The Morgan fingerprint density at radius 3 is 2.71 bits per heavy atom. The molecule has 0 radical (unpaired) electrons. The van der Waals surface area contributed by atoms with Crippen LogP contribution in [0.2, 0.25) is 0 Å². The molecule has 21 heavy (non-hydrogen) atoms. The van der Waals surface area contributed by atoms with Crippen LogP contribution in [-0.4, -0.2) is 25.8 Å². The number of hydrogen-bond donors (Lipinski definition) is 1. The van der Waals surface area contributed by atoms with E-state index in [4.69, 9.17) is 4.74 Å². The molecule has 1 fully saturated rings. The average molecular weight is 380 g/mol. The van der Waals surface area contributed by atoms with Crippen molar-refractivity contribution in [1.29, 1.82) is 0 Å². The zero-order chi connectivity index (χ0) is 15.6. The van der Waals surface area contributed by atoms with Crippen LogP contribution >= 0.6 is 15.9 Å². The maximum atomic E-state index is 13.5. The lowest BCUT2D eigenvalue weighted by Crippen LogP contribution is -2.44. The van der Waals surface area contributed by atoms with Gasteiger partial charge in [0.25, 0.3) is 0 Å². The van der Waals surface area contributed by atoms with E-state index in [9.17, 15) is 12.8 Å². The molecule has 0 spiro atoms. The highest BCUT2D eigenvalue weighted by molar-refractivity contribution is 9.10. The molecule has 1 aromatic rings. The molecule has 1 aliphatic rings. The first kappa shape index (κ1) is 16.7. The SMILES string of the molecule is CC(C)S(=O)(=O)N[C@H]1CCC[C@H]1Oc1ccc(Br)c(F)c1. The van der Waals surface area contributed by atoms with Gasteiger partial charge in [0.1, 0.15) is 17.7 Å². The molecule has 1 N–H and O–H groups in total. The quantitative estimate of drug-likeness (QED) is 0.854. The van der Waals surface area contributed by atoms with Gasteiger partial charge in [0.05, 0.1) is 15.8 Å². The van der Waals surface area contributed by atoms with Crippen LogP contribution in [-0.2, 0) is 10.0 Å². The predicted molar refractivity (Wildman–Crippen MR) is 83.3 cm³/mol. The first-order valence-corrected chi connectivity index (χ1v) is 9.26. The molecule has 2 atom stereocenters. The van der Waals surface area contributed by atoms with Crippen molar-refractivity contribution < 1.29 is 17.5 Å². The maximum Gasteiger partial charge on any atom is 0.214 e. The maximum absolute atomic E-state index is 13.5. The van der Waals surface area contributed by atoms with Crippen molar-refractivity contribution in [3.05, 3.63) is 28.5 Å². The van der Waals surface area contributed by atoms with Crippen LogP contribution in [0.15, 0.2) is 22.7 Å². The second-order valence-corrected chi connectivity index (χ2v) is 8.60. The number of nitrogens with one attached hydrogen (secondary N) is 1. The Morgan fingerprint density at radius 1 is 1.38 bits per heavy atom. The lowest BCUT2D eigenvalue weighted by atomic mass is 10.2. The molecular weight excluding hydrogens is 361 g/mol. The van der Waals surface area contributed by atoms with Crippen molar-refractivity contribution in [2.24, 2.45) is 0 Å². The average Bonchev–Trinajstić information content (AvgIpc) is 2.80. The van der Waals surface area contributed by atoms with Crippen LogP contribution in [0, 0.1) is 5.82 Å². The van der Waals surface area contributed by atoms with Gasteiger partial charge in [-0.05, 0) is 61.2 Å². The van der Waals surface area contributed by atoms with E-state index in [2.05, 4.69) is 20.7 Å². The molecule has 0 aromatic heterocycles. The van der Waals surface area contributed by atoms with Gasteiger partial charge in [-0.3, -0.25) is 0 Å². The molecule has 0 heterocycles. The first-order chi connectivity index (χ1) is 9.79. The largest absolute Gasteiger partial charge is 0.489 e. The second kappa shape index (κ2) is 6.62. The number of rotatable bonds is 5. The lowest BCUT2D eigenvalue weighted by Gasteiger charge is -2.23. The minimum atomic E-state index is -3.33. The minimum Gasteiger partial charge on any atom is -0.489 e. The van der Waals surface area contributed by atoms with E-state index in [1.807, 2.05) is 0 Å². The van der Waals surface area contributed by atoms with Crippen molar-refractivity contribution in [3.8, 4) is 5.75 Å². The molecule has 0 aliphatic heterocycles. The lowest BCUT2D eigenvalue weighted by molar-refractivity contribution is 0.184. The number of ether oxygens (including phenoxy) is 1. The smallest absolute Gasteiger partial charge is 0.214 e. The molecule has 118 valence electrons. The normalized spacial score (nSPS) is 22.7. The standard InChI is InChI=1S/C14H19BrFNO3S/c1-9(2)21(18,19)17-13-4-3-5-14(13)20-10-6-7-11(15)12(16)8-10/h6-9,13-14,17H,3-5H2,1-2H3/t13-,14+/m0/s1. The van der Waals surface area contributed by atoms with Crippen LogP contribution in [0.5, 0.6) is 5.75 Å². The monoisotopic (exact) mass is 379 g/mol. The molecule has 0 saturated heterocycles. The van der Waals surface area contributed by atoms with Gasteiger partial charge in [-0.2, -0.15) is 0 Å². The highest BCUT2D eigenvalue weighted by atomic mass is 79.9. The predicted octanol–water partition coefficient (Wildman–Crippen LogP) is 3.22. The van der Waals surface area contributed by atoms with E-state index in [-0.39, 0.29) is 12.1 Å². The van der Waals surface area contributed by atoms with Crippen LogP contribution < -0.4 is 9.46 Å². The zero-order valence-electron chi connectivity index (χ0n) is 12.0. The number of sulfonamides is 1. The molecular formula is C14H19BrFNO3S. The summed E-state index contributed by atoms with van der Waals surface area (Å²) in [5, 5.41) is -0.483. The van der Waals surface area contributed by atoms with Crippen LogP contribution in [0.3, 0.4) is 0 Å². The fraction of sp³-hybridized carbons (Fsp3) is 0.571. The summed E-state index contributed by atoms with van der Waals surface area (Å²) < 4.78 is 46.2. The van der Waals surface area contributed by atoms with Crippen molar-refractivity contribution in [1.82, 2.24) is 4.72 Å². The van der Waals surface area contributed by atoms with E-state index in [1.165, 1.54) is 6.07 Å². The van der Waals surface area contributed by atoms with E-state index in [0.717, 1.165) is 19.3 Å². The van der Waals surface area contributed by atoms with Gasteiger partial charge in [-0.1, -0.05) is 0 Å². The number of hydrogen-bond acceptors (Lipinski definition) is 3. The van der Waals surface area contributed by atoms with Crippen molar-refractivity contribution in [2.75, 3.05) is 0 Å². The van der Waals surface area contributed by atoms with E-state index < -0.39 is 21.1 Å². The molecule has 7 heteroatoms. The third kappa shape index (κ3) is 4.17. The van der Waals surface area contributed by atoms with Crippen molar-refractivity contribution >= 4 is 26.0 Å². The molecule has 0 bridgehead atoms. The Balaban J connectivity index is 2.07. The van der Waals surface area contributed by atoms with Gasteiger partial charge in [-0.25, -0.2) is 17.5 Å². The number of benzene rings is 1. The molecule has 0 amide bonds. The van der Waals surface area contributed by atoms with Gasteiger partial charge in [0.15, 0.2) is 0 Å². The molecule has 1 aliphatic carbocycles. The molecule has 1 aromatic carbocycles. The van der Waals surface area contributed by atoms with Crippen LogP contribution in [0.4, 0.5) is 4.39 Å². The summed E-state index contributed by atoms with van der Waals surface area (Å²) in [5.74, 6) is 0.0150. The van der Waals surface area contributed by atoms with Crippen LogP contribution in [0.1, 0.15) is 33.1 Å². The van der Waals surface area contributed by atoms with E-state index >= 15 is 0 Å². The Kier molecular flexibility index (Phi) is 5.27. The first-order valence-electron chi connectivity index (χ1n) is 6.92. The Hall–Kier alpha value is -0.660. The highest BCUT2D eigenvalue weighted by Gasteiger charge is 2.33. The van der Waals surface area contributed by atoms with Gasteiger partial charge in [0.2, 0.25) is 10.0 Å². The summed E-state index contributed by atoms with van der Waals surface area (Å²) >= 11 is 3.09. The van der Waals surface area contributed by atoms with Crippen molar-refractivity contribution in [2.45, 2.75) is 50.5 Å². The molecule has 0 unspecified atom stereocenters. The van der Waals surface area contributed by atoms with Crippen molar-refractivity contribution in [3.63, 3.8) is 0 Å². The highest BCUT2D eigenvalue weighted by Crippen LogP contribution is 2.27. The zero-order valence-corrected chi connectivity index (χ0v) is 14.4.